The molecule has 5 nitrogen and oxygen atoms in total. The van der Waals surface area contributed by atoms with Crippen molar-refractivity contribution in [1.82, 2.24) is 0 Å². The highest BCUT2D eigenvalue weighted by Crippen LogP contribution is 2.42. The summed E-state index contributed by atoms with van der Waals surface area (Å²) in [4.78, 5) is 11.4. The molecule has 0 bridgehead atoms. The van der Waals surface area contributed by atoms with E-state index in [-0.39, 0.29) is 12.2 Å². The third-order valence-electron chi connectivity index (χ3n) is 6.51. The van der Waals surface area contributed by atoms with Gasteiger partial charge in [0.15, 0.2) is 0 Å². The van der Waals surface area contributed by atoms with Gasteiger partial charge in [-0.15, -0.1) is 0 Å². The number of carbonyl (C=O) groups excluding carboxylic acids is 1. The molecule has 1 aliphatic rings. The summed E-state index contributed by atoms with van der Waals surface area (Å²) < 4.78 is 17.1. The van der Waals surface area contributed by atoms with Crippen LogP contribution < -0.4 is 9.47 Å². The van der Waals surface area contributed by atoms with Crippen molar-refractivity contribution >= 4 is 5.97 Å². The molecule has 0 aliphatic heterocycles. The molecule has 37 heavy (non-hydrogen) atoms. The maximum Gasteiger partial charge on any atom is 0.384 e. The number of esters is 1. The van der Waals surface area contributed by atoms with Gasteiger partial charge in [0.05, 0.1) is 19.3 Å². The Morgan fingerprint density at radius 2 is 1.81 bits per heavy atom. The highest BCUT2D eigenvalue weighted by molar-refractivity contribution is 5.89. The normalized spacial score (nSPS) is 14.8. The molecule has 0 aromatic heterocycles. The van der Waals surface area contributed by atoms with Crippen LogP contribution in [0.5, 0.6) is 11.5 Å². The van der Waals surface area contributed by atoms with E-state index >= 15 is 0 Å². The number of hydrogen-bond acceptors (Lipinski definition) is 5. The number of hydrogen-bond donors (Lipinski definition) is 1. The number of aliphatic hydroxyl groups is 1. The second-order valence-corrected chi connectivity index (χ2v) is 9.43. The summed E-state index contributed by atoms with van der Waals surface area (Å²) in [7, 11) is 0. The number of rotatable bonds is 8. The minimum Gasteiger partial charge on any atom is -0.493 e. The lowest BCUT2D eigenvalue weighted by Crippen LogP contribution is -2.07. The average molecular weight is 499 g/mol. The van der Waals surface area contributed by atoms with Gasteiger partial charge in [0.1, 0.15) is 17.6 Å². The Morgan fingerprint density at radius 3 is 2.49 bits per heavy atom. The molecule has 192 valence electrons. The first-order valence-electron chi connectivity index (χ1n) is 12.9. The summed E-state index contributed by atoms with van der Waals surface area (Å²) in [5.41, 5.74) is 8.12. The minimum absolute atomic E-state index is 0.0184. The Labute approximate surface area is 219 Å². The number of aryl methyl sites for hydroxylation is 2. The summed E-state index contributed by atoms with van der Waals surface area (Å²) in [6.07, 6.45) is 2.08. The predicted octanol–water partition coefficient (Wildman–Crippen LogP) is 6.10. The lowest BCUT2D eigenvalue weighted by Gasteiger charge is -2.18. The Morgan fingerprint density at radius 1 is 1.08 bits per heavy atom. The van der Waals surface area contributed by atoms with Gasteiger partial charge in [-0.3, -0.25) is 0 Å². The smallest absolute Gasteiger partial charge is 0.384 e. The van der Waals surface area contributed by atoms with Crippen LogP contribution in [0.15, 0.2) is 54.6 Å². The topological polar surface area (TPSA) is 65.0 Å². The lowest BCUT2D eigenvalue weighted by atomic mass is 9.90. The van der Waals surface area contributed by atoms with Crippen LogP contribution >= 0.6 is 0 Å². The van der Waals surface area contributed by atoms with Crippen molar-refractivity contribution < 1.29 is 24.1 Å². The van der Waals surface area contributed by atoms with Crippen LogP contribution in [0.4, 0.5) is 0 Å². The average Bonchev–Trinajstić information content (AvgIpc) is 3.27. The highest BCUT2D eigenvalue weighted by Gasteiger charge is 2.27. The monoisotopic (exact) mass is 498 g/mol. The van der Waals surface area contributed by atoms with Crippen molar-refractivity contribution in [2.45, 2.75) is 59.2 Å². The van der Waals surface area contributed by atoms with Gasteiger partial charge in [0.2, 0.25) is 0 Å². The quantitative estimate of drug-likeness (QED) is 0.300. The van der Waals surface area contributed by atoms with Crippen LogP contribution in [0.2, 0.25) is 0 Å². The van der Waals surface area contributed by atoms with Crippen LogP contribution in [-0.4, -0.2) is 30.4 Å². The standard InChI is InChI=1S/C32H34O5/c1-5-35-31(34)16-11-24-9-12-25(13-10-24)37-30-15-14-27-28(30)7-6-8-29(27)32-21(2)19-26(20-22(32)3)36-18-17-23(4)33/h6-10,12-13,19-20,23,30,33H,5,14-15,17-18H2,1-4H3/t23-,30?/m1/s1. The zero-order chi connectivity index (χ0) is 26.4. The first-order chi connectivity index (χ1) is 17.9. The van der Waals surface area contributed by atoms with Gasteiger partial charge in [-0.05, 0) is 110 Å². The number of carbonyl (C=O) groups is 1. The molecule has 1 N–H and O–H groups in total. The fraction of sp³-hybridized carbons (Fsp3) is 0.344. The molecular weight excluding hydrogens is 464 g/mol. The molecular formula is C32H34O5. The second kappa shape index (κ2) is 12.0. The maximum absolute atomic E-state index is 11.4. The van der Waals surface area contributed by atoms with Gasteiger partial charge in [-0.1, -0.05) is 24.1 Å². The largest absolute Gasteiger partial charge is 0.493 e. The zero-order valence-electron chi connectivity index (χ0n) is 22.0. The molecule has 0 radical (unpaired) electrons. The number of ether oxygens (including phenoxy) is 3. The van der Waals surface area contributed by atoms with Gasteiger partial charge in [0, 0.05) is 17.9 Å². The van der Waals surface area contributed by atoms with E-state index in [1.54, 1.807) is 13.8 Å². The summed E-state index contributed by atoms with van der Waals surface area (Å²) in [6, 6.07) is 18.1. The van der Waals surface area contributed by atoms with Crippen LogP contribution in [0.1, 0.15) is 60.6 Å². The third kappa shape index (κ3) is 6.53. The molecule has 3 aromatic carbocycles. The zero-order valence-corrected chi connectivity index (χ0v) is 22.0. The molecule has 0 fully saturated rings. The van der Waals surface area contributed by atoms with Crippen molar-refractivity contribution in [1.29, 1.82) is 0 Å². The van der Waals surface area contributed by atoms with Gasteiger partial charge in [0.25, 0.3) is 0 Å². The van der Waals surface area contributed by atoms with E-state index in [0.717, 1.165) is 29.9 Å². The Hall–Kier alpha value is -3.75. The molecule has 2 atom stereocenters. The molecule has 5 heteroatoms. The fourth-order valence-electron chi connectivity index (χ4n) is 4.82. The molecule has 4 rings (SSSR count). The van der Waals surface area contributed by atoms with E-state index in [1.165, 1.54) is 33.4 Å². The van der Waals surface area contributed by atoms with Crippen molar-refractivity contribution in [3.8, 4) is 34.5 Å². The second-order valence-electron chi connectivity index (χ2n) is 9.43. The maximum atomic E-state index is 11.4. The molecule has 1 aliphatic carbocycles. The molecule has 0 amide bonds. The molecule has 0 heterocycles. The van der Waals surface area contributed by atoms with E-state index in [9.17, 15) is 9.90 Å². The van der Waals surface area contributed by atoms with Gasteiger partial charge in [-0.25, -0.2) is 4.79 Å². The van der Waals surface area contributed by atoms with Crippen molar-refractivity contribution in [3.05, 3.63) is 82.4 Å². The SMILES string of the molecule is CCOC(=O)C#Cc1ccc(OC2CCc3c(-c4c(C)cc(OCC[C@@H](C)O)cc4C)cccc32)cc1. The van der Waals surface area contributed by atoms with E-state index < -0.39 is 5.97 Å². The number of aliphatic hydroxyl groups excluding tert-OH is 1. The first kappa shape index (κ1) is 26.3. The first-order valence-corrected chi connectivity index (χ1v) is 12.9. The Kier molecular flexibility index (Phi) is 8.53. The molecule has 0 saturated carbocycles. The van der Waals surface area contributed by atoms with Crippen LogP contribution in [0, 0.1) is 25.7 Å². The van der Waals surface area contributed by atoms with Crippen molar-refractivity contribution in [2.75, 3.05) is 13.2 Å². The van der Waals surface area contributed by atoms with Crippen LogP contribution in [0.25, 0.3) is 11.1 Å². The molecule has 3 aromatic rings. The number of fused-ring (bicyclic) bond motifs is 1. The predicted molar refractivity (Wildman–Crippen MR) is 145 cm³/mol. The van der Waals surface area contributed by atoms with E-state index in [4.69, 9.17) is 14.2 Å². The van der Waals surface area contributed by atoms with E-state index in [2.05, 4.69) is 56.0 Å². The van der Waals surface area contributed by atoms with Crippen molar-refractivity contribution in [3.63, 3.8) is 0 Å². The summed E-state index contributed by atoms with van der Waals surface area (Å²) in [6.45, 7) is 8.58. The highest BCUT2D eigenvalue weighted by atomic mass is 16.5. The summed E-state index contributed by atoms with van der Waals surface area (Å²) >= 11 is 0. The fourth-order valence-corrected chi connectivity index (χ4v) is 4.82. The number of benzene rings is 3. The van der Waals surface area contributed by atoms with Crippen LogP contribution in [-0.2, 0) is 16.0 Å². The van der Waals surface area contributed by atoms with E-state index in [1.807, 2.05) is 24.3 Å². The Balaban J connectivity index is 1.51. The minimum atomic E-state index is -0.523. The van der Waals surface area contributed by atoms with E-state index in [0.29, 0.717) is 19.6 Å². The van der Waals surface area contributed by atoms with Crippen molar-refractivity contribution in [2.24, 2.45) is 0 Å². The molecule has 0 saturated heterocycles. The van der Waals surface area contributed by atoms with Crippen LogP contribution in [0.3, 0.4) is 0 Å². The lowest BCUT2D eigenvalue weighted by molar-refractivity contribution is -0.136. The molecule has 0 spiro atoms. The van der Waals surface area contributed by atoms with Gasteiger partial charge < -0.3 is 19.3 Å². The summed E-state index contributed by atoms with van der Waals surface area (Å²) in [5, 5.41) is 9.49. The van der Waals surface area contributed by atoms with Gasteiger partial charge >= 0.3 is 5.97 Å². The third-order valence-corrected chi connectivity index (χ3v) is 6.51. The Bertz CT molecular complexity index is 1290. The van der Waals surface area contributed by atoms with Gasteiger partial charge in [-0.2, -0.15) is 0 Å². The molecule has 1 unspecified atom stereocenters. The summed E-state index contributed by atoms with van der Waals surface area (Å²) in [5.74, 6) is 6.39.